The second-order valence-electron chi connectivity index (χ2n) is 12.2. The molecule has 51 heavy (non-hydrogen) atoms. The molecule has 13 nitrogen and oxygen atoms in total. The summed E-state index contributed by atoms with van der Waals surface area (Å²) in [6.45, 7) is 2.57. The number of urea groups is 1. The predicted octanol–water partition coefficient (Wildman–Crippen LogP) is 4.70. The first-order valence-electron chi connectivity index (χ1n) is 16.3. The SMILES string of the molecule is CCCN(C(=O)NCc1ccc(Cl)c(Cl)c1)N1CC(=O)N2[C@@H](Cc3ccc(OCC(=O)OC)cc3)C(=O)N(Cc3cccc4sc(N)nc34)C[C@@H]21. The highest BCUT2D eigenvalue weighted by Crippen LogP contribution is 2.33. The lowest BCUT2D eigenvalue weighted by molar-refractivity contribution is -0.157. The first-order valence-corrected chi connectivity index (χ1v) is 17.9. The number of esters is 1. The molecule has 3 heterocycles. The van der Waals surface area contributed by atoms with Gasteiger partial charge in [-0.3, -0.25) is 14.6 Å². The van der Waals surface area contributed by atoms with Gasteiger partial charge in [-0.05, 0) is 53.4 Å². The molecule has 2 fully saturated rings. The molecule has 16 heteroatoms. The zero-order valence-corrected chi connectivity index (χ0v) is 30.3. The number of nitrogen functional groups attached to an aromatic ring is 1. The molecule has 0 radical (unpaired) electrons. The Hall–Kier alpha value is -4.63. The molecule has 0 bridgehead atoms. The summed E-state index contributed by atoms with van der Waals surface area (Å²) < 4.78 is 11.0. The van der Waals surface area contributed by atoms with Crippen LogP contribution in [0.2, 0.25) is 10.0 Å². The van der Waals surface area contributed by atoms with Crippen molar-refractivity contribution in [2.45, 2.75) is 45.1 Å². The molecule has 2 atom stereocenters. The van der Waals surface area contributed by atoms with Crippen LogP contribution in [-0.2, 0) is 38.6 Å². The maximum atomic E-state index is 14.4. The standard InChI is InChI=1S/C35H37Cl2N7O6S/c1-3-13-42(35(48)39-16-22-9-12-25(36)26(37)14-22)43-19-30(45)44-27(15-21-7-10-24(11-8-21)50-20-31(46)49-2)33(47)41(18-29(43)44)17-23-5-4-6-28-32(23)40-34(38)51-28/h4-12,14,27,29H,3,13,15-20H2,1-2H3,(H2,38,40)(H,39,48)/t27-,29+/m0/s1. The molecule has 0 aliphatic carbocycles. The molecular weight excluding hydrogens is 717 g/mol. The molecule has 0 spiro atoms. The van der Waals surface area contributed by atoms with Gasteiger partial charge in [-0.1, -0.05) is 71.8 Å². The van der Waals surface area contributed by atoms with Gasteiger partial charge in [0, 0.05) is 26.1 Å². The van der Waals surface area contributed by atoms with Crippen LogP contribution in [0.3, 0.4) is 0 Å². The van der Waals surface area contributed by atoms with E-state index in [2.05, 4.69) is 15.0 Å². The van der Waals surface area contributed by atoms with Crippen molar-refractivity contribution in [1.82, 2.24) is 30.1 Å². The highest BCUT2D eigenvalue weighted by molar-refractivity contribution is 7.22. The summed E-state index contributed by atoms with van der Waals surface area (Å²) in [6, 6.07) is 16.7. The maximum Gasteiger partial charge on any atom is 0.343 e. The lowest BCUT2D eigenvalue weighted by Gasteiger charge is -2.46. The number of halogens is 2. The summed E-state index contributed by atoms with van der Waals surface area (Å²) >= 11 is 13.6. The number of benzene rings is 3. The van der Waals surface area contributed by atoms with Gasteiger partial charge in [-0.15, -0.1) is 0 Å². The van der Waals surface area contributed by atoms with E-state index in [0.29, 0.717) is 33.9 Å². The van der Waals surface area contributed by atoms with Crippen molar-refractivity contribution >= 4 is 73.7 Å². The van der Waals surface area contributed by atoms with Gasteiger partial charge in [-0.2, -0.15) is 5.01 Å². The van der Waals surface area contributed by atoms with Crippen molar-refractivity contribution in [1.29, 1.82) is 0 Å². The fourth-order valence-electron chi connectivity index (χ4n) is 6.37. The largest absolute Gasteiger partial charge is 0.482 e. The normalized spacial score (nSPS) is 17.5. The van der Waals surface area contributed by atoms with Crippen LogP contribution in [0.25, 0.3) is 10.2 Å². The lowest BCUT2D eigenvalue weighted by Crippen LogP contribution is -2.66. The third kappa shape index (κ3) is 7.99. The topological polar surface area (TPSA) is 151 Å². The van der Waals surface area contributed by atoms with Gasteiger partial charge >= 0.3 is 12.0 Å². The summed E-state index contributed by atoms with van der Waals surface area (Å²) in [7, 11) is 1.28. The van der Waals surface area contributed by atoms with Gasteiger partial charge in [0.25, 0.3) is 0 Å². The first kappa shape index (κ1) is 36.2. The molecule has 6 rings (SSSR count). The molecule has 0 unspecified atom stereocenters. The molecule has 4 amide bonds. The van der Waals surface area contributed by atoms with Crippen LogP contribution < -0.4 is 15.8 Å². The zero-order chi connectivity index (χ0) is 36.2. The number of aromatic nitrogens is 1. The number of fused-ring (bicyclic) bond motifs is 2. The van der Waals surface area contributed by atoms with Crippen LogP contribution in [0, 0.1) is 0 Å². The Morgan fingerprint density at radius 3 is 2.57 bits per heavy atom. The number of thiazole rings is 1. The molecule has 2 saturated heterocycles. The van der Waals surface area contributed by atoms with Gasteiger partial charge < -0.3 is 30.3 Å². The van der Waals surface area contributed by atoms with E-state index in [4.69, 9.17) is 33.7 Å². The van der Waals surface area contributed by atoms with E-state index in [1.807, 2.05) is 25.1 Å². The summed E-state index contributed by atoms with van der Waals surface area (Å²) in [5.41, 5.74) is 9.14. The number of ether oxygens (including phenoxy) is 2. The lowest BCUT2D eigenvalue weighted by atomic mass is 9.99. The predicted molar refractivity (Wildman–Crippen MR) is 194 cm³/mol. The fraction of sp³-hybridized carbons (Fsp3) is 0.343. The van der Waals surface area contributed by atoms with Crippen molar-refractivity contribution in [3.63, 3.8) is 0 Å². The Bertz CT molecular complexity index is 1940. The van der Waals surface area contributed by atoms with Crippen LogP contribution in [0.15, 0.2) is 60.7 Å². The van der Waals surface area contributed by atoms with Crippen LogP contribution in [-0.4, -0.2) is 94.2 Å². The molecular formula is C35H37Cl2N7O6S. The first-order chi connectivity index (χ1) is 24.6. The molecule has 1 aromatic heterocycles. The Kier molecular flexibility index (Phi) is 11.2. The fourth-order valence-corrected chi connectivity index (χ4v) is 7.47. The second kappa shape index (κ2) is 15.7. The van der Waals surface area contributed by atoms with E-state index < -0.39 is 18.2 Å². The van der Waals surface area contributed by atoms with E-state index in [-0.39, 0.29) is 57.1 Å². The van der Waals surface area contributed by atoms with Crippen molar-refractivity contribution in [3.05, 3.63) is 87.4 Å². The van der Waals surface area contributed by atoms with Crippen molar-refractivity contribution < 1.29 is 28.7 Å². The molecule has 4 aromatic rings. The van der Waals surface area contributed by atoms with Gasteiger partial charge in [-0.25, -0.2) is 14.6 Å². The smallest absolute Gasteiger partial charge is 0.343 e. The minimum absolute atomic E-state index is 0.0824. The number of hydrazine groups is 1. The van der Waals surface area contributed by atoms with Crippen LogP contribution in [0.5, 0.6) is 5.75 Å². The number of nitrogens with one attached hydrogen (secondary N) is 1. The number of para-hydroxylation sites is 1. The van der Waals surface area contributed by atoms with Crippen LogP contribution >= 0.6 is 34.5 Å². The van der Waals surface area contributed by atoms with E-state index in [1.54, 1.807) is 62.3 Å². The monoisotopic (exact) mass is 753 g/mol. The van der Waals surface area contributed by atoms with E-state index in [0.717, 1.165) is 26.9 Å². The number of hydrogen-bond donors (Lipinski definition) is 2. The average Bonchev–Trinajstić information content (AvgIpc) is 3.67. The van der Waals surface area contributed by atoms with Crippen molar-refractivity contribution in [2.24, 2.45) is 0 Å². The second-order valence-corrected chi connectivity index (χ2v) is 14.0. The number of hydrogen-bond acceptors (Lipinski definition) is 10. The van der Waals surface area contributed by atoms with E-state index >= 15 is 0 Å². The van der Waals surface area contributed by atoms with E-state index in [9.17, 15) is 19.2 Å². The number of nitrogens with two attached hydrogens (primary N) is 1. The van der Waals surface area contributed by atoms with Gasteiger partial charge in [0.15, 0.2) is 11.7 Å². The summed E-state index contributed by atoms with van der Waals surface area (Å²) in [4.78, 5) is 61.4. The quantitative estimate of drug-likeness (QED) is 0.196. The minimum Gasteiger partial charge on any atom is -0.482 e. The number of carbonyl (C=O) groups excluding carboxylic acids is 4. The van der Waals surface area contributed by atoms with Gasteiger partial charge in [0.05, 0.1) is 40.5 Å². The average molecular weight is 755 g/mol. The molecule has 268 valence electrons. The number of methoxy groups -OCH3 is 1. The Morgan fingerprint density at radius 1 is 1.08 bits per heavy atom. The number of carbonyl (C=O) groups is 4. The Morgan fingerprint density at radius 2 is 1.84 bits per heavy atom. The minimum atomic E-state index is -0.856. The third-order valence-corrected chi connectivity index (χ3v) is 10.4. The van der Waals surface area contributed by atoms with Crippen molar-refractivity contribution in [2.75, 3.05) is 39.1 Å². The molecule has 2 aliphatic rings. The number of rotatable bonds is 12. The molecule has 0 saturated carbocycles. The highest BCUT2D eigenvalue weighted by atomic mass is 35.5. The number of nitrogens with zero attached hydrogens (tertiary/aromatic N) is 5. The van der Waals surface area contributed by atoms with Crippen molar-refractivity contribution in [3.8, 4) is 5.75 Å². The molecule has 3 aromatic carbocycles. The maximum absolute atomic E-state index is 14.4. The van der Waals surface area contributed by atoms with E-state index in [1.165, 1.54) is 18.4 Å². The third-order valence-electron chi connectivity index (χ3n) is 8.79. The summed E-state index contributed by atoms with van der Waals surface area (Å²) in [5.74, 6) is -0.534. The van der Waals surface area contributed by atoms with Gasteiger partial charge in [0.2, 0.25) is 11.8 Å². The number of piperazine rings is 1. The molecule has 2 aliphatic heterocycles. The highest BCUT2D eigenvalue weighted by Gasteiger charge is 2.52. The molecule has 3 N–H and O–H groups in total. The van der Waals surface area contributed by atoms with Gasteiger partial charge in [0.1, 0.15) is 18.0 Å². The zero-order valence-electron chi connectivity index (χ0n) is 28.0. The van der Waals surface area contributed by atoms with Crippen LogP contribution in [0.4, 0.5) is 9.93 Å². The number of anilines is 1. The summed E-state index contributed by atoms with van der Waals surface area (Å²) in [6.07, 6.45) is 0.222. The van der Waals surface area contributed by atoms with Crippen LogP contribution in [0.1, 0.15) is 30.0 Å². The Labute approximate surface area is 308 Å². The number of amides is 4. The Balaban J connectivity index is 1.28. The summed E-state index contributed by atoms with van der Waals surface area (Å²) in [5, 5.41) is 7.49.